The van der Waals surface area contributed by atoms with Gasteiger partial charge in [0.1, 0.15) is 17.4 Å². The van der Waals surface area contributed by atoms with Gasteiger partial charge in [-0.2, -0.15) is 5.26 Å². The minimum absolute atomic E-state index is 0.157. The fourth-order valence-electron chi connectivity index (χ4n) is 2.15. The summed E-state index contributed by atoms with van der Waals surface area (Å²) in [5, 5.41) is 28.1. The molecule has 0 radical (unpaired) electrons. The lowest BCUT2D eigenvalue weighted by Gasteiger charge is -2.16. The second kappa shape index (κ2) is 5.97. The maximum atomic E-state index is 12.1. The van der Waals surface area contributed by atoms with Gasteiger partial charge in [0.2, 0.25) is 0 Å². The molecule has 0 saturated carbocycles. The molecule has 21 heavy (non-hydrogen) atoms. The van der Waals surface area contributed by atoms with Crippen LogP contribution in [0.3, 0.4) is 0 Å². The molecule has 106 valence electrons. The van der Waals surface area contributed by atoms with Crippen LogP contribution in [0.4, 0.5) is 0 Å². The summed E-state index contributed by atoms with van der Waals surface area (Å²) in [6.07, 6.45) is 0. The number of aromatic hydroxyl groups is 2. The van der Waals surface area contributed by atoms with Gasteiger partial charge < -0.3 is 14.9 Å². The minimum atomic E-state index is -0.832. The second-order valence-corrected chi connectivity index (χ2v) is 4.48. The zero-order chi connectivity index (χ0) is 15.4. The highest BCUT2D eigenvalue weighted by Crippen LogP contribution is 2.31. The number of phenolic OH excluding ortho intramolecular Hbond substituents is 2. The van der Waals surface area contributed by atoms with Crippen molar-refractivity contribution in [2.45, 2.75) is 5.92 Å². The average Bonchev–Trinajstić information content (AvgIpc) is 2.46. The van der Waals surface area contributed by atoms with Crippen LogP contribution < -0.4 is 0 Å². The Hall–Kier alpha value is -3.00. The van der Waals surface area contributed by atoms with Crippen LogP contribution in [-0.2, 0) is 9.53 Å². The van der Waals surface area contributed by atoms with Crippen molar-refractivity contribution in [1.82, 2.24) is 0 Å². The zero-order valence-corrected chi connectivity index (χ0v) is 11.3. The smallest absolute Gasteiger partial charge is 0.317 e. The number of methoxy groups -OCH3 is 1. The summed E-state index contributed by atoms with van der Waals surface area (Å²) >= 11 is 0. The lowest BCUT2D eigenvalue weighted by molar-refractivity contribution is -0.141. The number of rotatable bonds is 3. The van der Waals surface area contributed by atoms with Crippen molar-refractivity contribution in [3.63, 3.8) is 0 Å². The van der Waals surface area contributed by atoms with E-state index in [-0.39, 0.29) is 11.5 Å². The van der Waals surface area contributed by atoms with Crippen molar-refractivity contribution < 1.29 is 19.7 Å². The summed E-state index contributed by atoms with van der Waals surface area (Å²) in [7, 11) is 1.26. The Morgan fingerprint density at radius 1 is 1.14 bits per heavy atom. The second-order valence-electron chi connectivity index (χ2n) is 4.48. The Morgan fingerprint density at radius 3 is 2.38 bits per heavy atom. The molecule has 0 spiro atoms. The van der Waals surface area contributed by atoms with E-state index < -0.39 is 11.9 Å². The standard InChI is InChI=1S/C16H13NO4/c1-21-16(20)15(11-4-2-3-10(5-11)9-17)12-6-13(18)8-14(19)7-12/h2-8,15,18-19H,1H3. The molecule has 1 unspecified atom stereocenters. The summed E-state index contributed by atoms with van der Waals surface area (Å²) < 4.78 is 4.79. The van der Waals surface area contributed by atoms with Gasteiger partial charge in [-0.05, 0) is 35.4 Å². The number of hydrogen-bond donors (Lipinski definition) is 2. The van der Waals surface area contributed by atoms with Gasteiger partial charge in [0.25, 0.3) is 0 Å². The van der Waals surface area contributed by atoms with Gasteiger partial charge >= 0.3 is 5.97 Å². The number of carbonyl (C=O) groups is 1. The Kier molecular flexibility index (Phi) is 4.10. The molecule has 0 aromatic heterocycles. The predicted octanol–water partition coefficient (Wildman–Crippen LogP) is 2.27. The molecule has 5 nitrogen and oxygen atoms in total. The normalized spacial score (nSPS) is 11.4. The highest BCUT2D eigenvalue weighted by atomic mass is 16.5. The van der Waals surface area contributed by atoms with E-state index in [0.717, 1.165) is 0 Å². The van der Waals surface area contributed by atoms with Gasteiger partial charge in [-0.25, -0.2) is 0 Å². The van der Waals surface area contributed by atoms with E-state index in [2.05, 4.69) is 0 Å². The average molecular weight is 283 g/mol. The number of ether oxygens (including phenoxy) is 1. The minimum Gasteiger partial charge on any atom is -0.508 e. The number of nitrogens with zero attached hydrogens (tertiary/aromatic N) is 1. The summed E-state index contributed by atoms with van der Waals surface area (Å²) in [6.45, 7) is 0. The van der Waals surface area contributed by atoms with E-state index in [0.29, 0.717) is 16.7 Å². The number of carbonyl (C=O) groups excluding carboxylic acids is 1. The van der Waals surface area contributed by atoms with Crippen LogP contribution in [0.15, 0.2) is 42.5 Å². The first kappa shape index (κ1) is 14.4. The summed E-state index contributed by atoms with van der Waals surface area (Å²) in [5.74, 6) is -1.69. The molecule has 0 fully saturated rings. The Balaban J connectivity index is 2.58. The van der Waals surface area contributed by atoms with Crippen LogP contribution in [0.1, 0.15) is 22.6 Å². The molecule has 5 heteroatoms. The van der Waals surface area contributed by atoms with Crippen molar-refractivity contribution in [1.29, 1.82) is 5.26 Å². The first-order valence-corrected chi connectivity index (χ1v) is 6.16. The summed E-state index contributed by atoms with van der Waals surface area (Å²) in [5.41, 5.74) is 1.34. The van der Waals surface area contributed by atoms with Gasteiger partial charge in [-0.3, -0.25) is 4.79 Å². The number of nitriles is 1. The third-order valence-corrected chi connectivity index (χ3v) is 3.04. The first-order valence-electron chi connectivity index (χ1n) is 6.16. The van der Waals surface area contributed by atoms with E-state index in [4.69, 9.17) is 10.00 Å². The molecule has 0 saturated heterocycles. The van der Waals surface area contributed by atoms with E-state index in [1.165, 1.54) is 25.3 Å². The number of esters is 1. The molecule has 0 aliphatic heterocycles. The van der Waals surface area contributed by atoms with E-state index in [1.54, 1.807) is 24.3 Å². The molecule has 0 bridgehead atoms. The summed E-state index contributed by atoms with van der Waals surface area (Å²) in [6, 6.07) is 12.5. The molecular formula is C16H13NO4. The lowest BCUT2D eigenvalue weighted by Crippen LogP contribution is -2.15. The van der Waals surface area contributed by atoms with Gasteiger partial charge in [-0.15, -0.1) is 0 Å². The van der Waals surface area contributed by atoms with Crippen molar-refractivity contribution in [2.24, 2.45) is 0 Å². The van der Waals surface area contributed by atoms with Crippen LogP contribution in [0.5, 0.6) is 11.5 Å². The first-order chi connectivity index (χ1) is 10.0. The third-order valence-electron chi connectivity index (χ3n) is 3.04. The van der Waals surface area contributed by atoms with Crippen LogP contribution in [0.25, 0.3) is 0 Å². The molecule has 0 aliphatic carbocycles. The van der Waals surface area contributed by atoms with Crippen molar-refractivity contribution >= 4 is 5.97 Å². The molecule has 2 aromatic rings. The Labute approximate surface area is 121 Å². The van der Waals surface area contributed by atoms with Crippen LogP contribution in [0.2, 0.25) is 0 Å². The number of hydrogen-bond acceptors (Lipinski definition) is 5. The van der Waals surface area contributed by atoms with Gasteiger partial charge in [0.05, 0.1) is 18.7 Å². The highest BCUT2D eigenvalue weighted by molar-refractivity contribution is 5.82. The highest BCUT2D eigenvalue weighted by Gasteiger charge is 2.25. The molecule has 0 heterocycles. The topological polar surface area (TPSA) is 90.6 Å². The van der Waals surface area contributed by atoms with Crippen molar-refractivity contribution in [3.05, 3.63) is 59.2 Å². The maximum absolute atomic E-state index is 12.1. The number of benzene rings is 2. The quantitative estimate of drug-likeness (QED) is 0.843. The van der Waals surface area contributed by atoms with Crippen LogP contribution in [0, 0.1) is 11.3 Å². The molecule has 1 atom stereocenters. The molecule has 0 amide bonds. The third kappa shape index (κ3) is 3.12. The van der Waals surface area contributed by atoms with Gasteiger partial charge in [-0.1, -0.05) is 12.1 Å². The Bertz CT molecular complexity index is 698. The van der Waals surface area contributed by atoms with E-state index >= 15 is 0 Å². The largest absolute Gasteiger partial charge is 0.508 e. The molecular weight excluding hydrogens is 270 g/mol. The van der Waals surface area contributed by atoms with Crippen molar-refractivity contribution in [3.8, 4) is 17.6 Å². The van der Waals surface area contributed by atoms with Gasteiger partial charge in [0.15, 0.2) is 0 Å². The van der Waals surface area contributed by atoms with Crippen molar-refractivity contribution in [2.75, 3.05) is 7.11 Å². The van der Waals surface area contributed by atoms with Crippen LogP contribution in [-0.4, -0.2) is 23.3 Å². The fourth-order valence-corrected chi connectivity index (χ4v) is 2.15. The van der Waals surface area contributed by atoms with E-state index in [9.17, 15) is 15.0 Å². The fraction of sp³-hybridized carbons (Fsp3) is 0.125. The zero-order valence-electron chi connectivity index (χ0n) is 11.3. The molecule has 2 rings (SSSR count). The lowest BCUT2D eigenvalue weighted by atomic mass is 9.90. The maximum Gasteiger partial charge on any atom is 0.317 e. The monoisotopic (exact) mass is 283 g/mol. The summed E-state index contributed by atoms with van der Waals surface area (Å²) in [4.78, 5) is 12.1. The molecule has 2 aromatic carbocycles. The molecule has 0 aliphatic rings. The Morgan fingerprint density at radius 2 is 1.81 bits per heavy atom. The predicted molar refractivity (Wildman–Crippen MR) is 74.8 cm³/mol. The van der Waals surface area contributed by atoms with Gasteiger partial charge in [0, 0.05) is 6.07 Å². The van der Waals surface area contributed by atoms with Crippen LogP contribution >= 0.6 is 0 Å². The van der Waals surface area contributed by atoms with E-state index in [1.807, 2.05) is 6.07 Å². The molecule has 2 N–H and O–H groups in total. The SMILES string of the molecule is COC(=O)C(c1cc(O)cc(O)c1)c1cccc(C#N)c1. The number of phenols is 2.